The van der Waals surface area contributed by atoms with Crippen LogP contribution in [0.5, 0.6) is 5.75 Å². The number of nitrogens with zero attached hydrogens (tertiary/aromatic N) is 2. The number of amides is 1. The molecule has 0 radical (unpaired) electrons. The van der Waals surface area contributed by atoms with Gasteiger partial charge in [-0.25, -0.2) is 0 Å². The summed E-state index contributed by atoms with van der Waals surface area (Å²) in [5.74, 6) is 0.520. The third-order valence-corrected chi connectivity index (χ3v) is 4.64. The minimum atomic E-state index is -0.302. The lowest BCUT2D eigenvalue weighted by Crippen LogP contribution is -2.12. The molecular formula is C18H16ClN3O2S. The van der Waals surface area contributed by atoms with Gasteiger partial charge in [0, 0.05) is 6.42 Å². The van der Waals surface area contributed by atoms with Gasteiger partial charge in [0.05, 0.1) is 17.2 Å². The van der Waals surface area contributed by atoms with Crippen LogP contribution >= 0.6 is 22.9 Å². The molecule has 3 aromatic rings. The van der Waals surface area contributed by atoms with Crippen molar-refractivity contribution in [2.75, 3.05) is 11.9 Å². The summed E-state index contributed by atoms with van der Waals surface area (Å²) in [6.45, 7) is 2.53. The van der Waals surface area contributed by atoms with Gasteiger partial charge in [-0.3, -0.25) is 10.1 Å². The summed E-state index contributed by atoms with van der Waals surface area (Å²) >= 11 is 7.34. The van der Waals surface area contributed by atoms with E-state index in [1.807, 2.05) is 31.2 Å². The number of hydrogen-bond donors (Lipinski definition) is 1. The molecule has 0 aliphatic carbocycles. The molecule has 128 valence electrons. The monoisotopic (exact) mass is 373 g/mol. The van der Waals surface area contributed by atoms with Gasteiger partial charge in [0.25, 0.3) is 5.91 Å². The van der Waals surface area contributed by atoms with Crippen molar-refractivity contribution in [3.8, 4) is 5.75 Å². The van der Waals surface area contributed by atoms with Crippen LogP contribution < -0.4 is 10.1 Å². The van der Waals surface area contributed by atoms with Gasteiger partial charge in [-0.1, -0.05) is 52.8 Å². The number of ether oxygens (including phenoxy) is 1. The van der Waals surface area contributed by atoms with Crippen LogP contribution in [0.15, 0.2) is 48.5 Å². The van der Waals surface area contributed by atoms with E-state index >= 15 is 0 Å². The first-order valence-corrected chi connectivity index (χ1v) is 8.89. The van der Waals surface area contributed by atoms with Crippen molar-refractivity contribution < 1.29 is 9.53 Å². The summed E-state index contributed by atoms with van der Waals surface area (Å²) < 4.78 is 5.67. The highest BCUT2D eigenvalue weighted by Crippen LogP contribution is 2.20. The number of aromatic nitrogens is 2. The first kappa shape index (κ1) is 17.4. The summed E-state index contributed by atoms with van der Waals surface area (Å²) in [5, 5.41) is 12.4. The number of benzene rings is 2. The number of carbonyl (C=O) groups excluding carboxylic acids is 1. The van der Waals surface area contributed by atoms with Gasteiger partial charge in [-0.15, -0.1) is 10.2 Å². The zero-order valence-corrected chi connectivity index (χ0v) is 15.1. The second-order valence-corrected chi connectivity index (χ2v) is 6.82. The molecule has 25 heavy (non-hydrogen) atoms. The normalized spacial score (nSPS) is 10.5. The molecule has 0 aliphatic rings. The molecule has 0 unspecified atom stereocenters. The predicted molar refractivity (Wildman–Crippen MR) is 99.7 cm³/mol. The van der Waals surface area contributed by atoms with Gasteiger partial charge in [0.15, 0.2) is 0 Å². The standard InChI is InChI=1S/C18H16ClN3O2S/c1-12-6-8-13(9-7-12)24-11-10-16-21-22-18(25-16)20-17(23)14-4-2-3-5-15(14)19/h2-9H,10-11H2,1H3,(H,20,22,23). The molecular weight excluding hydrogens is 358 g/mol. The smallest absolute Gasteiger partial charge is 0.259 e. The molecule has 3 rings (SSSR count). The maximum absolute atomic E-state index is 12.2. The molecule has 0 spiro atoms. The Balaban J connectivity index is 1.53. The van der Waals surface area contributed by atoms with Gasteiger partial charge in [0.2, 0.25) is 5.13 Å². The van der Waals surface area contributed by atoms with Crippen molar-refractivity contribution in [1.82, 2.24) is 10.2 Å². The Kier molecular flexibility index (Phi) is 5.63. The highest BCUT2D eigenvalue weighted by atomic mass is 35.5. The zero-order chi connectivity index (χ0) is 17.6. The maximum Gasteiger partial charge on any atom is 0.259 e. The Hall–Kier alpha value is -2.44. The molecule has 1 heterocycles. The number of anilines is 1. The minimum absolute atomic E-state index is 0.302. The van der Waals surface area contributed by atoms with Crippen LogP contribution in [0.4, 0.5) is 5.13 Å². The van der Waals surface area contributed by atoms with Gasteiger partial charge >= 0.3 is 0 Å². The zero-order valence-electron chi connectivity index (χ0n) is 13.5. The van der Waals surface area contributed by atoms with Crippen molar-refractivity contribution >= 4 is 34.0 Å². The molecule has 0 fully saturated rings. The summed E-state index contributed by atoms with van der Waals surface area (Å²) in [6.07, 6.45) is 0.619. The van der Waals surface area contributed by atoms with Crippen molar-refractivity contribution in [2.24, 2.45) is 0 Å². The number of nitrogens with one attached hydrogen (secondary N) is 1. The Bertz CT molecular complexity index is 865. The van der Waals surface area contributed by atoms with Crippen LogP contribution in [-0.4, -0.2) is 22.7 Å². The van der Waals surface area contributed by atoms with E-state index in [9.17, 15) is 4.79 Å². The van der Waals surface area contributed by atoms with E-state index in [1.165, 1.54) is 16.9 Å². The number of halogens is 1. The van der Waals surface area contributed by atoms with Crippen molar-refractivity contribution in [2.45, 2.75) is 13.3 Å². The Labute approximate surface area is 154 Å². The molecule has 0 atom stereocenters. The summed E-state index contributed by atoms with van der Waals surface area (Å²) in [4.78, 5) is 12.2. The van der Waals surface area contributed by atoms with Crippen LogP contribution in [-0.2, 0) is 6.42 Å². The fourth-order valence-electron chi connectivity index (χ4n) is 2.11. The topological polar surface area (TPSA) is 64.1 Å². The van der Waals surface area contributed by atoms with Crippen LogP contribution in [0.2, 0.25) is 5.02 Å². The first-order valence-electron chi connectivity index (χ1n) is 7.69. The molecule has 7 heteroatoms. The SMILES string of the molecule is Cc1ccc(OCCc2nnc(NC(=O)c3ccccc3Cl)s2)cc1. The average molecular weight is 374 g/mol. The number of hydrogen-bond acceptors (Lipinski definition) is 5. The highest BCUT2D eigenvalue weighted by Gasteiger charge is 2.12. The van der Waals surface area contributed by atoms with Crippen molar-refractivity contribution in [3.63, 3.8) is 0 Å². The van der Waals surface area contributed by atoms with Crippen molar-refractivity contribution in [3.05, 3.63) is 69.7 Å². The predicted octanol–water partition coefficient (Wildman–Crippen LogP) is 4.37. The summed E-state index contributed by atoms with van der Waals surface area (Å²) in [5.41, 5.74) is 1.60. The van der Waals surface area contributed by atoms with E-state index < -0.39 is 0 Å². The molecule has 2 aromatic carbocycles. The lowest BCUT2D eigenvalue weighted by molar-refractivity contribution is 0.102. The molecule has 1 aromatic heterocycles. The van der Waals surface area contributed by atoms with Gasteiger partial charge in [-0.05, 0) is 31.2 Å². The second kappa shape index (κ2) is 8.09. The molecule has 0 aliphatic heterocycles. The molecule has 0 saturated heterocycles. The number of rotatable bonds is 6. The van der Waals surface area contributed by atoms with E-state index in [0.717, 1.165) is 10.8 Å². The van der Waals surface area contributed by atoms with Gasteiger partial charge in [0.1, 0.15) is 10.8 Å². The van der Waals surface area contributed by atoms with E-state index in [1.54, 1.807) is 24.3 Å². The third kappa shape index (κ3) is 4.78. The number of carbonyl (C=O) groups is 1. The molecule has 0 bridgehead atoms. The fourth-order valence-corrected chi connectivity index (χ4v) is 3.04. The Morgan fingerprint density at radius 1 is 1.16 bits per heavy atom. The molecule has 1 amide bonds. The lowest BCUT2D eigenvalue weighted by Gasteiger charge is -2.04. The minimum Gasteiger partial charge on any atom is -0.493 e. The largest absolute Gasteiger partial charge is 0.493 e. The fraction of sp³-hybridized carbons (Fsp3) is 0.167. The molecule has 0 saturated carbocycles. The maximum atomic E-state index is 12.2. The second-order valence-electron chi connectivity index (χ2n) is 5.35. The van der Waals surface area contributed by atoms with Crippen LogP contribution in [0.1, 0.15) is 20.9 Å². The van der Waals surface area contributed by atoms with E-state index in [-0.39, 0.29) is 5.91 Å². The van der Waals surface area contributed by atoms with Crippen LogP contribution in [0.3, 0.4) is 0 Å². The quantitative estimate of drug-likeness (QED) is 0.696. The number of aryl methyl sites for hydroxylation is 1. The molecule has 1 N–H and O–H groups in total. The average Bonchev–Trinajstić information content (AvgIpc) is 3.04. The summed E-state index contributed by atoms with van der Waals surface area (Å²) in [7, 11) is 0. The van der Waals surface area contributed by atoms with Crippen LogP contribution in [0.25, 0.3) is 0 Å². The van der Waals surface area contributed by atoms with Crippen molar-refractivity contribution in [1.29, 1.82) is 0 Å². The Morgan fingerprint density at radius 3 is 2.68 bits per heavy atom. The molecule has 5 nitrogen and oxygen atoms in total. The van der Waals surface area contributed by atoms with Gasteiger partial charge in [-0.2, -0.15) is 0 Å². The highest BCUT2D eigenvalue weighted by molar-refractivity contribution is 7.15. The lowest BCUT2D eigenvalue weighted by atomic mass is 10.2. The van der Waals surface area contributed by atoms with E-state index in [0.29, 0.717) is 28.7 Å². The first-order chi connectivity index (χ1) is 12.1. The van der Waals surface area contributed by atoms with E-state index in [4.69, 9.17) is 16.3 Å². The van der Waals surface area contributed by atoms with Crippen LogP contribution in [0, 0.1) is 6.92 Å². The van der Waals surface area contributed by atoms with E-state index in [2.05, 4.69) is 15.5 Å². The van der Waals surface area contributed by atoms with Gasteiger partial charge < -0.3 is 4.74 Å². The third-order valence-electron chi connectivity index (χ3n) is 3.41. The Morgan fingerprint density at radius 2 is 1.92 bits per heavy atom. The summed E-state index contributed by atoms with van der Waals surface area (Å²) in [6, 6.07) is 14.7.